The predicted molar refractivity (Wildman–Crippen MR) is 54.7 cm³/mol. The average molecular weight is 251 g/mol. The second-order valence-electron chi connectivity index (χ2n) is 2.27. The first kappa shape index (κ1) is 9.84. The van der Waals surface area contributed by atoms with Crippen molar-refractivity contribution in [1.82, 2.24) is 0 Å². The number of aliphatic hydroxyl groups excluding tert-OH is 1. The Hall–Kier alpha value is -0.250. The van der Waals surface area contributed by atoms with Crippen LogP contribution in [0.5, 0.6) is 0 Å². The molecule has 2 N–H and O–H groups in total. The fourth-order valence-corrected chi connectivity index (χ4v) is 1.56. The van der Waals surface area contributed by atoms with Crippen molar-refractivity contribution in [3.63, 3.8) is 0 Å². The first-order valence-electron chi connectivity index (χ1n) is 3.54. The zero-order chi connectivity index (χ0) is 8.97. The SMILES string of the molecule is OCCNc1ccc(Br)cc1Cl. The van der Waals surface area contributed by atoms with Gasteiger partial charge in [0.2, 0.25) is 0 Å². The Labute approximate surface area is 84.7 Å². The minimum absolute atomic E-state index is 0.104. The van der Waals surface area contributed by atoms with Crippen LogP contribution < -0.4 is 5.32 Å². The molecule has 4 heteroatoms. The van der Waals surface area contributed by atoms with Gasteiger partial charge >= 0.3 is 0 Å². The maximum Gasteiger partial charge on any atom is 0.0648 e. The summed E-state index contributed by atoms with van der Waals surface area (Å²) in [6.45, 7) is 0.619. The predicted octanol–water partition coefficient (Wildman–Crippen LogP) is 2.51. The number of anilines is 1. The molecule has 66 valence electrons. The van der Waals surface area contributed by atoms with Crippen LogP contribution in [-0.2, 0) is 0 Å². The molecule has 0 radical (unpaired) electrons. The van der Waals surface area contributed by atoms with Gasteiger partial charge in [0.15, 0.2) is 0 Å². The van der Waals surface area contributed by atoms with Crippen molar-refractivity contribution < 1.29 is 5.11 Å². The molecule has 1 aromatic carbocycles. The van der Waals surface area contributed by atoms with Crippen molar-refractivity contribution in [3.8, 4) is 0 Å². The summed E-state index contributed by atoms with van der Waals surface area (Å²) in [6, 6.07) is 5.56. The van der Waals surface area contributed by atoms with Crippen LogP contribution in [0.3, 0.4) is 0 Å². The minimum atomic E-state index is 0.104. The molecule has 0 aliphatic heterocycles. The molecule has 0 amide bonds. The van der Waals surface area contributed by atoms with E-state index in [0.717, 1.165) is 10.2 Å². The lowest BCUT2D eigenvalue weighted by molar-refractivity contribution is 0.311. The normalized spacial score (nSPS) is 9.92. The summed E-state index contributed by atoms with van der Waals surface area (Å²) in [6.07, 6.45) is 0. The van der Waals surface area contributed by atoms with E-state index in [1.807, 2.05) is 12.1 Å². The molecule has 1 aromatic rings. The van der Waals surface area contributed by atoms with Crippen LogP contribution in [0.25, 0.3) is 0 Å². The number of aliphatic hydroxyl groups is 1. The van der Waals surface area contributed by atoms with Gasteiger partial charge < -0.3 is 10.4 Å². The molecule has 0 unspecified atom stereocenters. The van der Waals surface area contributed by atoms with Crippen molar-refractivity contribution in [3.05, 3.63) is 27.7 Å². The molecule has 0 fully saturated rings. The minimum Gasteiger partial charge on any atom is -0.395 e. The van der Waals surface area contributed by atoms with Crippen LogP contribution in [0.2, 0.25) is 5.02 Å². The van der Waals surface area contributed by atoms with Crippen LogP contribution in [0.4, 0.5) is 5.69 Å². The molecular weight excluding hydrogens is 241 g/mol. The molecule has 1 rings (SSSR count). The molecule has 0 saturated heterocycles. The highest BCUT2D eigenvalue weighted by atomic mass is 79.9. The summed E-state index contributed by atoms with van der Waals surface area (Å²) in [5.74, 6) is 0. The van der Waals surface area contributed by atoms with Gasteiger partial charge in [-0.25, -0.2) is 0 Å². The van der Waals surface area contributed by atoms with Gasteiger partial charge in [0, 0.05) is 11.0 Å². The molecule has 0 spiro atoms. The van der Waals surface area contributed by atoms with Crippen LogP contribution in [0.1, 0.15) is 0 Å². The van der Waals surface area contributed by atoms with E-state index in [1.165, 1.54) is 0 Å². The molecule has 0 aliphatic carbocycles. The summed E-state index contributed by atoms with van der Waals surface area (Å²) < 4.78 is 0.946. The number of hydrogen-bond acceptors (Lipinski definition) is 2. The Morgan fingerprint density at radius 1 is 1.50 bits per heavy atom. The number of nitrogens with one attached hydrogen (secondary N) is 1. The third-order valence-corrected chi connectivity index (χ3v) is 2.16. The van der Waals surface area contributed by atoms with Crippen LogP contribution in [0, 0.1) is 0 Å². The summed E-state index contributed by atoms with van der Waals surface area (Å²) in [4.78, 5) is 0. The highest BCUT2D eigenvalue weighted by Gasteiger charge is 1.98. The second-order valence-corrected chi connectivity index (χ2v) is 3.60. The molecule has 2 nitrogen and oxygen atoms in total. The molecule has 12 heavy (non-hydrogen) atoms. The van der Waals surface area contributed by atoms with E-state index in [2.05, 4.69) is 21.2 Å². The van der Waals surface area contributed by atoms with E-state index in [-0.39, 0.29) is 6.61 Å². The fraction of sp³-hybridized carbons (Fsp3) is 0.250. The molecule has 0 saturated carbocycles. The van der Waals surface area contributed by atoms with Gasteiger partial charge in [-0.15, -0.1) is 0 Å². The Morgan fingerprint density at radius 2 is 2.25 bits per heavy atom. The summed E-state index contributed by atoms with van der Waals surface area (Å²) >= 11 is 9.19. The van der Waals surface area contributed by atoms with Crippen LogP contribution >= 0.6 is 27.5 Å². The Kier molecular flexibility index (Phi) is 3.85. The van der Waals surface area contributed by atoms with Crippen molar-refractivity contribution in [2.45, 2.75) is 0 Å². The van der Waals surface area contributed by atoms with Crippen molar-refractivity contribution in [2.75, 3.05) is 18.5 Å². The van der Waals surface area contributed by atoms with E-state index in [9.17, 15) is 0 Å². The zero-order valence-corrected chi connectivity index (χ0v) is 8.69. The van der Waals surface area contributed by atoms with Gasteiger partial charge in [0.25, 0.3) is 0 Å². The third-order valence-electron chi connectivity index (χ3n) is 1.36. The van der Waals surface area contributed by atoms with Gasteiger partial charge in [-0.2, -0.15) is 0 Å². The summed E-state index contributed by atoms with van der Waals surface area (Å²) in [5, 5.41) is 12.2. The monoisotopic (exact) mass is 249 g/mol. The van der Waals surface area contributed by atoms with Crippen molar-refractivity contribution in [2.24, 2.45) is 0 Å². The Bertz CT molecular complexity index is 267. The number of benzene rings is 1. The quantitative estimate of drug-likeness (QED) is 0.864. The highest BCUT2D eigenvalue weighted by Crippen LogP contribution is 2.25. The topological polar surface area (TPSA) is 32.3 Å². The Morgan fingerprint density at radius 3 is 2.83 bits per heavy atom. The third kappa shape index (κ3) is 2.66. The average Bonchev–Trinajstić information content (AvgIpc) is 2.03. The van der Waals surface area contributed by atoms with E-state index in [1.54, 1.807) is 6.07 Å². The second kappa shape index (κ2) is 4.70. The number of hydrogen-bond donors (Lipinski definition) is 2. The van der Waals surface area contributed by atoms with E-state index < -0.39 is 0 Å². The smallest absolute Gasteiger partial charge is 0.0648 e. The number of rotatable bonds is 3. The molecule has 0 aliphatic rings. The molecule has 0 bridgehead atoms. The maximum absolute atomic E-state index is 8.56. The van der Waals surface area contributed by atoms with Gasteiger partial charge in [0.05, 0.1) is 17.3 Å². The van der Waals surface area contributed by atoms with Crippen molar-refractivity contribution >= 4 is 33.2 Å². The fourth-order valence-electron chi connectivity index (χ4n) is 0.823. The Balaban J connectivity index is 2.72. The lowest BCUT2D eigenvalue weighted by Gasteiger charge is -2.06. The van der Waals surface area contributed by atoms with Crippen LogP contribution in [-0.4, -0.2) is 18.3 Å². The van der Waals surface area contributed by atoms with E-state index >= 15 is 0 Å². The zero-order valence-electron chi connectivity index (χ0n) is 6.35. The molecule has 0 aromatic heterocycles. The van der Waals surface area contributed by atoms with Gasteiger partial charge in [-0.1, -0.05) is 27.5 Å². The van der Waals surface area contributed by atoms with Crippen molar-refractivity contribution in [1.29, 1.82) is 0 Å². The van der Waals surface area contributed by atoms with E-state index in [0.29, 0.717) is 11.6 Å². The van der Waals surface area contributed by atoms with Crippen LogP contribution in [0.15, 0.2) is 22.7 Å². The molecular formula is C8H9BrClNO. The molecule has 0 atom stereocenters. The van der Waals surface area contributed by atoms with Gasteiger partial charge in [-0.3, -0.25) is 0 Å². The first-order chi connectivity index (χ1) is 5.74. The maximum atomic E-state index is 8.56. The lowest BCUT2D eigenvalue weighted by atomic mass is 10.3. The lowest BCUT2D eigenvalue weighted by Crippen LogP contribution is -2.05. The highest BCUT2D eigenvalue weighted by molar-refractivity contribution is 9.10. The molecule has 0 heterocycles. The largest absolute Gasteiger partial charge is 0.395 e. The number of halogens is 2. The van der Waals surface area contributed by atoms with Gasteiger partial charge in [-0.05, 0) is 18.2 Å². The summed E-state index contributed by atoms with van der Waals surface area (Å²) in [7, 11) is 0. The standard InChI is InChI=1S/C8H9BrClNO/c9-6-1-2-8(7(10)5-6)11-3-4-12/h1-2,5,11-12H,3-4H2. The first-order valence-corrected chi connectivity index (χ1v) is 4.71. The summed E-state index contributed by atoms with van der Waals surface area (Å²) in [5.41, 5.74) is 0.842. The van der Waals surface area contributed by atoms with Gasteiger partial charge in [0.1, 0.15) is 0 Å². The van der Waals surface area contributed by atoms with E-state index in [4.69, 9.17) is 16.7 Å².